The molecule has 3 heterocycles. The zero-order chi connectivity index (χ0) is 33.2. The van der Waals surface area contributed by atoms with E-state index in [4.69, 9.17) is 9.97 Å². The monoisotopic (exact) mass is 622 g/mol. The van der Waals surface area contributed by atoms with Crippen LogP contribution in [0.15, 0.2) is 79.1 Å². The Morgan fingerprint density at radius 3 is 1.57 bits per heavy atom. The van der Waals surface area contributed by atoms with Crippen molar-refractivity contribution in [1.29, 1.82) is 0 Å². The highest BCUT2D eigenvalue weighted by atomic mass is 15.2. The lowest BCUT2D eigenvalue weighted by Crippen LogP contribution is -2.44. The third-order valence-electron chi connectivity index (χ3n) is 10.4. The first-order valence-electron chi connectivity index (χ1n) is 17.2. The van der Waals surface area contributed by atoms with Crippen LogP contribution in [-0.4, -0.2) is 34.0 Å². The summed E-state index contributed by atoms with van der Waals surface area (Å²) < 4.78 is 0. The molecule has 1 saturated heterocycles. The van der Waals surface area contributed by atoms with Crippen molar-refractivity contribution < 1.29 is 0 Å². The van der Waals surface area contributed by atoms with Gasteiger partial charge in [0.25, 0.3) is 0 Å². The average molecular weight is 623 g/mol. The molecule has 0 unspecified atom stereocenters. The molecule has 0 radical (unpaired) electrons. The topological polar surface area (TPSA) is 32.3 Å². The van der Waals surface area contributed by atoms with Crippen molar-refractivity contribution >= 4 is 5.69 Å². The zero-order valence-electron chi connectivity index (χ0n) is 29.6. The number of aryl methyl sites for hydroxylation is 6. The molecule has 0 bridgehead atoms. The van der Waals surface area contributed by atoms with Crippen LogP contribution in [0.5, 0.6) is 0 Å². The maximum atomic E-state index is 4.80. The Kier molecular flexibility index (Phi) is 9.61. The van der Waals surface area contributed by atoms with Crippen molar-refractivity contribution in [1.82, 2.24) is 14.9 Å². The van der Waals surface area contributed by atoms with Crippen LogP contribution in [0.25, 0.3) is 22.5 Å². The summed E-state index contributed by atoms with van der Waals surface area (Å²) in [6.45, 7) is 21.6. The molecule has 1 fully saturated rings. The standard InChI is InChI=1S/C43H50N4/c1-28-17-29(2)19-41(18-28)47(27-37-10-14-45-43(25-37)39-22-32(5)35(8)33(6)23-39)40-11-15-46(16-12-40)26-36-9-13-44-42(24-36)38-20-30(3)34(7)31(4)21-38/h9-10,13-14,17-25,40H,11-12,15-16,26-27H2,1-8H3. The molecule has 1 aliphatic rings. The lowest BCUT2D eigenvalue weighted by atomic mass is 9.97. The molecule has 0 atom stereocenters. The summed E-state index contributed by atoms with van der Waals surface area (Å²) in [6, 6.07) is 25.5. The summed E-state index contributed by atoms with van der Waals surface area (Å²) in [4.78, 5) is 14.8. The fourth-order valence-electron chi connectivity index (χ4n) is 7.22. The molecule has 4 nitrogen and oxygen atoms in total. The number of benzene rings is 3. The number of pyridine rings is 2. The normalized spacial score (nSPS) is 14.0. The molecule has 0 saturated carbocycles. The second kappa shape index (κ2) is 13.8. The first-order chi connectivity index (χ1) is 22.5. The van der Waals surface area contributed by atoms with Crippen LogP contribution in [0.1, 0.15) is 68.5 Å². The minimum Gasteiger partial charge on any atom is -0.364 e. The summed E-state index contributed by atoms with van der Waals surface area (Å²) >= 11 is 0. The van der Waals surface area contributed by atoms with Gasteiger partial charge in [0.15, 0.2) is 0 Å². The van der Waals surface area contributed by atoms with Crippen LogP contribution in [0, 0.1) is 55.4 Å². The maximum absolute atomic E-state index is 4.80. The molecule has 0 aliphatic carbocycles. The summed E-state index contributed by atoms with van der Waals surface area (Å²) in [5.74, 6) is 0. The van der Waals surface area contributed by atoms with Crippen molar-refractivity contribution in [2.75, 3.05) is 18.0 Å². The number of nitrogens with zero attached hydrogens (tertiary/aromatic N) is 4. The number of hydrogen-bond donors (Lipinski definition) is 0. The average Bonchev–Trinajstić information content (AvgIpc) is 3.05. The van der Waals surface area contributed by atoms with E-state index in [0.717, 1.165) is 50.4 Å². The number of likely N-dealkylation sites (tertiary alicyclic amines) is 1. The Morgan fingerprint density at radius 2 is 1.06 bits per heavy atom. The Bertz CT molecular complexity index is 1830. The van der Waals surface area contributed by atoms with E-state index in [1.54, 1.807) is 0 Å². The highest BCUT2D eigenvalue weighted by Crippen LogP contribution is 2.31. The highest BCUT2D eigenvalue weighted by Gasteiger charge is 2.26. The van der Waals surface area contributed by atoms with E-state index in [0.29, 0.717) is 6.04 Å². The molecule has 4 heteroatoms. The highest BCUT2D eigenvalue weighted by molar-refractivity contribution is 5.64. The van der Waals surface area contributed by atoms with Gasteiger partial charge in [0.2, 0.25) is 0 Å². The van der Waals surface area contributed by atoms with Gasteiger partial charge >= 0.3 is 0 Å². The molecule has 6 rings (SSSR count). The van der Waals surface area contributed by atoms with Gasteiger partial charge in [-0.25, -0.2) is 0 Å². The zero-order valence-corrected chi connectivity index (χ0v) is 29.6. The second-order valence-electron chi connectivity index (χ2n) is 14.0. The number of anilines is 1. The van der Waals surface area contributed by atoms with Crippen LogP contribution >= 0.6 is 0 Å². The van der Waals surface area contributed by atoms with E-state index >= 15 is 0 Å². The van der Waals surface area contributed by atoms with Crippen molar-refractivity contribution in [2.45, 2.75) is 87.4 Å². The molecule has 3 aromatic carbocycles. The molecule has 2 aromatic heterocycles. The molecular weight excluding hydrogens is 573 g/mol. The second-order valence-corrected chi connectivity index (χ2v) is 14.0. The maximum Gasteiger partial charge on any atom is 0.0705 e. The van der Waals surface area contributed by atoms with Crippen LogP contribution < -0.4 is 4.90 Å². The number of aromatic nitrogens is 2. The molecule has 5 aromatic rings. The van der Waals surface area contributed by atoms with Crippen LogP contribution in [0.4, 0.5) is 5.69 Å². The predicted octanol–water partition coefficient (Wildman–Crippen LogP) is 9.95. The fraction of sp³-hybridized carbons (Fsp3) is 0.349. The first-order valence-corrected chi connectivity index (χ1v) is 17.2. The molecular formula is C43H50N4. The Hall–Kier alpha value is -4.28. The quantitative estimate of drug-likeness (QED) is 0.172. The van der Waals surface area contributed by atoms with Crippen LogP contribution in [0.3, 0.4) is 0 Å². The minimum absolute atomic E-state index is 0.472. The summed E-state index contributed by atoms with van der Waals surface area (Å²) in [6.07, 6.45) is 6.23. The van der Waals surface area contributed by atoms with Gasteiger partial charge in [0.05, 0.1) is 11.4 Å². The van der Waals surface area contributed by atoms with Crippen LogP contribution in [-0.2, 0) is 13.1 Å². The van der Waals surface area contributed by atoms with Gasteiger partial charge < -0.3 is 4.90 Å². The summed E-state index contributed by atoms with van der Waals surface area (Å²) in [5.41, 5.74) is 19.1. The predicted molar refractivity (Wildman–Crippen MR) is 198 cm³/mol. The van der Waals surface area contributed by atoms with Gasteiger partial charge in [-0.15, -0.1) is 0 Å². The summed E-state index contributed by atoms with van der Waals surface area (Å²) in [7, 11) is 0. The number of piperidine rings is 1. The first kappa shape index (κ1) is 32.7. The lowest BCUT2D eigenvalue weighted by Gasteiger charge is -2.40. The minimum atomic E-state index is 0.472. The Labute approximate surface area is 282 Å². The largest absolute Gasteiger partial charge is 0.364 e. The van der Waals surface area contributed by atoms with Gasteiger partial charge in [-0.2, -0.15) is 0 Å². The Balaban J connectivity index is 1.20. The van der Waals surface area contributed by atoms with E-state index in [9.17, 15) is 0 Å². The number of rotatable bonds is 8. The van der Waals surface area contributed by atoms with E-state index < -0.39 is 0 Å². The molecule has 47 heavy (non-hydrogen) atoms. The van der Waals surface area contributed by atoms with Crippen LogP contribution in [0.2, 0.25) is 0 Å². The van der Waals surface area contributed by atoms with Crippen molar-refractivity contribution in [3.63, 3.8) is 0 Å². The third-order valence-corrected chi connectivity index (χ3v) is 10.4. The van der Waals surface area contributed by atoms with Gasteiger partial charge in [0, 0.05) is 61.4 Å². The van der Waals surface area contributed by atoms with Crippen molar-refractivity contribution in [2.24, 2.45) is 0 Å². The van der Waals surface area contributed by atoms with E-state index in [-0.39, 0.29) is 0 Å². The van der Waals surface area contributed by atoms with E-state index in [1.807, 2.05) is 12.4 Å². The molecule has 242 valence electrons. The van der Waals surface area contributed by atoms with Gasteiger partial charge in [-0.05, 0) is 185 Å². The van der Waals surface area contributed by atoms with Gasteiger partial charge in [-0.1, -0.05) is 6.07 Å². The molecule has 0 amide bonds. The van der Waals surface area contributed by atoms with E-state index in [2.05, 4.69) is 132 Å². The molecule has 1 aliphatic heterocycles. The fourth-order valence-corrected chi connectivity index (χ4v) is 7.22. The third kappa shape index (κ3) is 7.49. The summed E-state index contributed by atoms with van der Waals surface area (Å²) in [5, 5.41) is 0. The Morgan fingerprint density at radius 1 is 0.596 bits per heavy atom. The molecule has 0 spiro atoms. The smallest absolute Gasteiger partial charge is 0.0705 e. The van der Waals surface area contributed by atoms with Crippen molar-refractivity contribution in [3.8, 4) is 22.5 Å². The van der Waals surface area contributed by atoms with Gasteiger partial charge in [0.1, 0.15) is 0 Å². The van der Waals surface area contributed by atoms with Gasteiger partial charge in [-0.3, -0.25) is 14.9 Å². The van der Waals surface area contributed by atoms with E-state index in [1.165, 1.54) is 72.4 Å². The number of hydrogen-bond acceptors (Lipinski definition) is 4. The molecule has 0 N–H and O–H groups in total. The lowest BCUT2D eigenvalue weighted by molar-refractivity contribution is 0.201. The SMILES string of the molecule is Cc1cc(C)cc(N(Cc2ccnc(-c3cc(C)c(C)c(C)c3)c2)C2CCN(Cc3ccnc(-c4cc(C)c(C)c(C)c4)c3)CC2)c1. The van der Waals surface area contributed by atoms with Crippen molar-refractivity contribution in [3.05, 3.63) is 135 Å².